The molecule has 0 spiro atoms. The molecular weight excluding hydrogens is 528 g/mol. The first-order chi connectivity index (χ1) is 19.3. The minimum Gasteiger partial charge on any atom is -0.382 e. The van der Waals surface area contributed by atoms with Crippen LogP contribution in [0.25, 0.3) is 22.3 Å². The van der Waals surface area contributed by atoms with E-state index in [-0.39, 0.29) is 24.7 Å². The summed E-state index contributed by atoms with van der Waals surface area (Å²) >= 11 is 6.29. The molecular formula is C30H31ClN6O3. The molecule has 10 heteroatoms. The Hall–Kier alpha value is -3.63. The van der Waals surface area contributed by atoms with Gasteiger partial charge in [0.1, 0.15) is 11.4 Å². The molecule has 0 unspecified atom stereocenters. The van der Waals surface area contributed by atoms with Gasteiger partial charge in [-0.3, -0.25) is 9.78 Å². The molecule has 5 heterocycles. The molecule has 6 rings (SSSR count). The van der Waals surface area contributed by atoms with Gasteiger partial charge in [-0.25, -0.2) is 9.97 Å². The number of benzene rings is 1. The zero-order valence-electron chi connectivity index (χ0n) is 22.4. The molecule has 1 aromatic carbocycles. The van der Waals surface area contributed by atoms with Crippen molar-refractivity contribution in [3.63, 3.8) is 0 Å². The number of nitrogens with zero attached hydrogens (tertiary/aromatic N) is 4. The summed E-state index contributed by atoms with van der Waals surface area (Å²) in [7, 11) is 0. The van der Waals surface area contributed by atoms with Crippen molar-refractivity contribution >= 4 is 34.2 Å². The molecule has 0 aliphatic carbocycles. The topological polar surface area (TPSA) is 113 Å². The first-order valence-corrected chi connectivity index (χ1v) is 13.8. The summed E-state index contributed by atoms with van der Waals surface area (Å²) in [6, 6.07) is 16.7. The quantitative estimate of drug-likeness (QED) is 0.328. The molecule has 9 nitrogen and oxygen atoms in total. The number of halogens is 1. The molecule has 206 valence electrons. The molecule has 3 N–H and O–H groups in total. The van der Waals surface area contributed by atoms with Gasteiger partial charge in [0.05, 0.1) is 41.4 Å². The van der Waals surface area contributed by atoms with Gasteiger partial charge in [0.2, 0.25) is 0 Å². The van der Waals surface area contributed by atoms with E-state index in [1.165, 1.54) is 0 Å². The predicted molar refractivity (Wildman–Crippen MR) is 154 cm³/mol. The van der Waals surface area contributed by atoms with E-state index >= 15 is 0 Å². The van der Waals surface area contributed by atoms with Gasteiger partial charge in [-0.05, 0) is 62.4 Å². The number of hydrogen-bond acceptors (Lipinski definition) is 8. The average Bonchev–Trinajstić information content (AvgIpc) is 2.94. The number of aromatic nitrogens is 3. The van der Waals surface area contributed by atoms with Crippen LogP contribution in [0.3, 0.4) is 0 Å². The van der Waals surface area contributed by atoms with E-state index in [4.69, 9.17) is 26.3 Å². The normalized spacial score (nSPS) is 20.2. The van der Waals surface area contributed by atoms with Gasteiger partial charge in [0.15, 0.2) is 0 Å². The number of aliphatic hydroxyl groups is 1. The molecule has 0 saturated carbocycles. The maximum Gasteiger partial charge on any atom is 0.251 e. The highest BCUT2D eigenvalue weighted by atomic mass is 35.5. The van der Waals surface area contributed by atoms with E-state index < -0.39 is 5.60 Å². The highest BCUT2D eigenvalue weighted by molar-refractivity contribution is 6.31. The van der Waals surface area contributed by atoms with Crippen molar-refractivity contribution < 1.29 is 14.6 Å². The van der Waals surface area contributed by atoms with Crippen molar-refractivity contribution in [3.8, 4) is 11.4 Å². The highest BCUT2D eigenvalue weighted by Gasteiger charge is 2.38. The fraction of sp³-hybridized carbons (Fsp3) is 0.333. The minimum absolute atomic E-state index is 0.146. The van der Waals surface area contributed by atoms with Crippen LogP contribution in [0.1, 0.15) is 35.5 Å². The summed E-state index contributed by atoms with van der Waals surface area (Å²) in [5.41, 5.74) is 2.93. The Bertz CT molecular complexity index is 1570. The second kappa shape index (κ2) is 10.7. The Kier molecular flexibility index (Phi) is 7.14. The van der Waals surface area contributed by atoms with Crippen molar-refractivity contribution in [2.45, 2.75) is 38.2 Å². The van der Waals surface area contributed by atoms with Crippen LogP contribution in [0.2, 0.25) is 5.02 Å². The summed E-state index contributed by atoms with van der Waals surface area (Å²) < 4.78 is 5.87. The van der Waals surface area contributed by atoms with Gasteiger partial charge < -0.3 is 25.4 Å². The maximum atomic E-state index is 12.9. The number of carbonyl (C=O) groups excluding carboxylic acids is 1. The van der Waals surface area contributed by atoms with E-state index in [1.54, 1.807) is 24.4 Å². The Morgan fingerprint density at radius 1 is 1.10 bits per heavy atom. The Balaban J connectivity index is 1.18. The maximum absolute atomic E-state index is 12.9. The third kappa shape index (κ3) is 5.38. The van der Waals surface area contributed by atoms with Crippen molar-refractivity contribution in [3.05, 3.63) is 82.6 Å². The lowest BCUT2D eigenvalue weighted by Gasteiger charge is -2.38. The first-order valence-electron chi connectivity index (χ1n) is 13.4. The van der Waals surface area contributed by atoms with E-state index in [0.717, 1.165) is 41.2 Å². The summed E-state index contributed by atoms with van der Waals surface area (Å²) in [6.07, 6.45) is 2.05. The second-order valence-electron chi connectivity index (χ2n) is 10.6. The molecule has 3 aromatic heterocycles. The van der Waals surface area contributed by atoms with Gasteiger partial charge in [-0.15, -0.1) is 0 Å². The van der Waals surface area contributed by atoms with Crippen molar-refractivity contribution in [1.29, 1.82) is 0 Å². The molecule has 40 heavy (non-hydrogen) atoms. The van der Waals surface area contributed by atoms with Crippen molar-refractivity contribution in [2.24, 2.45) is 0 Å². The third-order valence-corrected chi connectivity index (χ3v) is 7.70. The lowest BCUT2D eigenvalue weighted by atomic mass is 9.87. The molecule has 0 radical (unpaired) electrons. The third-order valence-electron chi connectivity index (χ3n) is 7.37. The molecule has 0 bridgehead atoms. The van der Waals surface area contributed by atoms with Crippen molar-refractivity contribution in [2.75, 3.05) is 31.1 Å². The Labute approximate surface area is 237 Å². The van der Waals surface area contributed by atoms with Crippen LogP contribution in [-0.4, -0.2) is 64.4 Å². The summed E-state index contributed by atoms with van der Waals surface area (Å²) in [6.45, 7) is 6.78. The summed E-state index contributed by atoms with van der Waals surface area (Å²) in [5.74, 6) is 0.635. The van der Waals surface area contributed by atoms with E-state index in [0.29, 0.717) is 34.9 Å². The van der Waals surface area contributed by atoms with Crippen LogP contribution in [-0.2, 0) is 16.9 Å². The largest absolute Gasteiger partial charge is 0.382 e. The molecule has 1 amide bonds. The summed E-state index contributed by atoms with van der Waals surface area (Å²) in [4.78, 5) is 29.4. The van der Waals surface area contributed by atoms with Gasteiger partial charge in [0.25, 0.3) is 5.91 Å². The fourth-order valence-corrected chi connectivity index (χ4v) is 5.55. The fourth-order valence-electron chi connectivity index (χ4n) is 5.25. The number of ether oxygens (including phenoxy) is 1. The average molecular weight is 559 g/mol. The van der Waals surface area contributed by atoms with Gasteiger partial charge in [-0.1, -0.05) is 17.7 Å². The van der Waals surface area contributed by atoms with Crippen molar-refractivity contribution in [1.82, 2.24) is 25.6 Å². The summed E-state index contributed by atoms with van der Waals surface area (Å²) in [5, 5.41) is 18.0. The zero-order valence-corrected chi connectivity index (χ0v) is 23.2. The Morgan fingerprint density at radius 2 is 1.88 bits per heavy atom. The number of morpholine rings is 1. The number of hydrogen-bond donors (Lipinski definition) is 3. The lowest BCUT2D eigenvalue weighted by Crippen LogP contribution is -2.56. The number of rotatable bonds is 6. The van der Waals surface area contributed by atoms with E-state index in [2.05, 4.69) is 34.4 Å². The predicted octanol–water partition coefficient (Wildman–Crippen LogP) is 3.68. The zero-order chi connectivity index (χ0) is 27.9. The first kappa shape index (κ1) is 26.6. The molecule has 4 aromatic rings. The molecule has 2 fully saturated rings. The van der Waals surface area contributed by atoms with Crippen LogP contribution >= 0.6 is 11.6 Å². The molecule has 2 aliphatic heterocycles. The van der Waals surface area contributed by atoms with Gasteiger partial charge in [-0.2, -0.15) is 0 Å². The van der Waals surface area contributed by atoms with Crippen LogP contribution in [0.15, 0.2) is 60.8 Å². The number of nitrogens with one attached hydrogen (secondary N) is 2. The van der Waals surface area contributed by atoms with E-state index in [9.17, 15) is 9.90 Å². The SMILES string of the molecule is C[C@@H]1CN(c2cccc(-c3ccc4cnc(CNC(=O)c5ccc(Cl)c(C6(O)CNC6)c5)cc4n3)n2)C[C@H](C)O1. The number of anilines is 1. The van der Waals surface area contributed by atoms with Crippen LogP contribution in [0, 0.1) is 0 Å². The minimum atomic E-state index is -1.05. The standard InChI is InChI=1S/C30H31ClN6O3/c1-18-14-37(15-19(2)40-18)28-5-3-4-25(36-28)26-9-7-21-12-33-22(11-27(21)35-26)13-34-29(38)20-6-8-24(31)23(10-20)30(39)16-32-17-30/h3-12,18-19,32,39H,13-17H2,1-2H3,(H,34,38)/t18-,19+. The number of fused-ring (bicyclic) bond motifs is 1. The van der Waals surface area contributed by atoms with Gasteiger partial charge >= 0.3 is 0 Å². The number of pyridine rings is 3. The van der Waals surface area contributed by atoms with Crippen LogP contribution in [0.5, 0.6) is 0 Å². The van der Waals surface area contributed by atoms with Crippen LogP contribution < -0.4 is 15.5 Å². The molecule has 2 aliphatic rings. The van der Waals surface area contributed by atoms with Crippen LogP contribution in [0.4, 0.5) is 5.82 Å². The molecule has 2 atom stereocenters. The smallest absolute Gasteiger partial charge is 0.251 e. The second-order valence-corrected chi connectivity index (χ2v) is 11.0. The van der Waals surface area contributed by atoms with E-state index in [1.807, 2.05) is 36.4 Å². The number of amides is 1. The number of carbonyl (C=O) groups is 1. The Morgan fingerprint density at radius 3 is 2.62 bits per heavy atom. The van der Waals surface area contributed by atoms with Gasteiger partial charge in [0, 0.05) is 53.9 Å². The monoisotopic (exact) mass is 558 g/mol. The molecule has 2 saturated heterocycles. The highest BCUT2D eigenvalue weighted by Crippen LogP contribution is 2.32. The lowest BCUT2D eigenvalue weighted by molar-refractivity contribution is -0.0146. The number of β-amino-alcohol motifs (C(OH)–C–C–N with tert-alkyl or cyclic N) is 1.